The van der Waals surface area contributed by atoms with Gasteiger partial charge in [-0.3, -0.25) is 0 Å². The van der Waals surface area contributed by atoms with Crippen molar-refractivity contribution in [1.29, 1.82) is 0 Å². The van der Waals surface area contributed by atoms with Gasteiger partial charge in [0.25, 0.3) is 0 Å². The van der Waals surface area contributed by atoms with Crippen molar-refractivity contribution in [3.63, 3.8) is 0 Å². The second kappa shape index (κ2) is 6.94. The van der Waals surface area contributed by atoms with Crippen LogP contribution in [0.25, 0.3) is 0 Å². The van der Waals surface area contributed by atoms with Crippen molar-refractivity contribution >= 4 is 0 Å². The molecule has 0 fully saturated rings. The molecule has 0 aromatic heterocycles. The minimum Gasteiger partial charge on any atom is -0.0885 e. The molecule has 0 saturated heterocycles. The fourth-order valence-corrected chi connectivity index (χ4v) is 1.76. The second-order valence-electron chi connectivity index (χ2n) is 4.05. The summed E-state index contributed by atoms with van der Waals surface area (Å²) in [7, 11) is 0. The van der Waals surface area contributed by atoms with E-state index in [1.807, 2.05) is 0 Å². The summed E-state index contributed by atoms with van der Waals surface area (Å²) in [6.45, 7) is 2.22. The Morgan fingerprint density at radius 2 is 1.46 bits per heavy atom. The molecule has 0 atom stereocenters. The van der Waals surface area contributed by atoms with Crippen LogP contribution in [-0.4, -0.2) is 0 Å². The van der Waals surface area contributed by atoms with E-state index in [0.717, 1.165) is 0 Å². The number of allylic oxidation sites excluding steroid dienone is 4. The van der Waals surface area contributed by atoms with E-state index < -0.39 is 0 Å². The molecule has 2 aliphatic carbocycles. The van der Waals surface area contributed by atoms with Crippen LogP contribution in [0.5, 0.6) is 0 Å². The molecule has 0 nitrogen and oxygen atoms in total. The smallest absolute Gasteiger partial charge is 0.0323 e. The molecule has 0 aromatic rings. The maximum atomic E-state index is 2.35. The third kappa shape index (κ3) is 5.68. The van der Waals surface area contributed by atoms with Gasteiger partial charge in [0.2, 0.25) is 0 Å². The molecule has 0 bridgehead atoms. The molecule has 0 saturated carbocycles. The topological polar surface area (TPSA) is 0 Å². The van der Waals surface area contributed by atoms with E-state index in [9.17, 15) is 0 Å². The Morgan fingerprint density at radius 1 is 0.846 bits per heavy atom. The predicted octanol–water partition coefficient (Wildman–Crippen LogP) is 4.62. The van der Waals surface area contributed by atoms with E-state index in [1.165, 1.54) is 51.4 Å². The van der Waals surface area contributed by atoms with Gasteiger partial charge in [0.15, 0.2) is 0 Å². The SMILES string of the molecule is C1=CCCCC1.CC1=CCCCC1. The summed E-state index contributed by atoms with van der Waals surface area (Å²) >= 11 is 0. The van der Waals surface area contributed by atoms with Crippen molar-refractivity contribution in [2.24, 2.45) is 0 Å². The second-order valence-corrected chi connectivity index (χ2v) is 4.05. The predicted molar refractivity (Wildman–Crippen MR) is 59.8 cm³/mol. The average molecular weight is 178 g/mol. The van der Waals surface area contributed by atoms with Crippen LogP contribution in [0.15, 0.2) is 23.8 Å². The van der Waals surface area contributed by atoms with E-state index in [1.54, 1.807) is 5.57 Å². The summed E-state index contributed by atoms with van der Waals surface area (Å²) in [6, 6.07) is 0. The quantitative estimate of drug-likeness (QED) is 0.475. The van der Waals surface area contributed by atoms with Gasteiger partial charge in [0.05, 0.1) is 0 Å². The van der Waals surface area contributed by atoms with Crippen LogP contribution in [0.1, 0.15) is 58.3 Å². The van der Waals surface area contributed by atoms with E-state index in [-0.39, 0.29) is 0 Å². The van der Waals surface area contributed by atoms with Gasteiger partial charge in [0, 0.05) is 0 Å². The van der Waals surface area contributed by atoms with Crippen molar-refractivity contribution in [3.05, 3.63) is 23.8 Å². The van der Waals surface area contributed by atoms with Gasteiger partial charge >= 0.3 is 0 Å². The van der Waals surface area contributed by atoms with Crippen molar-refractivity contribution in [1.82, 2.24) is 0 Å². The molecule has 0 amide bonds. The summed E-state index contributed by atoms with van der Waals surface area (Å²) in [4.78, 5) is 0. The lowest BCUT2D eigenvalue weighted by atomic mass is 10.0. The zero-order chi connectivity index (χ0) is 9.36. The lowest BCUT2D eigenvalue weighted by molar-refractivity contribution is 0.702. The molecular formula is C13H22. The number of hydrogen-bond acceptors (Lipinski definition) is 0. The molecule has 0 heteroatoms. The normalized spacial score (nSPS) is 21.5. The van der Waals surface area contributed by atoms with Crippen LogP contribution < -0.4 is 0 Å². The zero-order valence-corrected chi connectivity index (χ0v) is 8.89. The molecule has 2 rings (SSSR count). The molecule has 0 spiro atoms. The molecule has 0 radical (unpaired) electrons. The fourth-order valence-electron chi connectivity index (χ4n) is 1.76. The molecular weight excluding hydrogens is 156 g/mol. The van der Waals surface area contributed by atoms with Crippen molar-refractivity contribution in [2.75, 3.05) is 0 Å². The van der Waals surface area contributed by atoms with Crippen LogP contribution in [-0.2, 0) is 0 Å². The Hall–Kier alpha value is -0.520. The van der Waals surface area contributed by atoms with E-state index in [4.69, 9.17) is 0 Å². The maximum Gasteiger partial charge on any atom is -0.0323 e. The van der Waals surface area contributed by atoms with Crippen LogP contribution in [0.4, 0.5) is 0 Å². The molecule has 0 aromatic carbocycles. The largest absolute Gasteiger partial charge is 0.0885 e. The molecule has 2 aliphatic rings. The first kappa shape index (κ1) is 10.6. The maximum absolute atomic E-state index is 2.35. The number of rotatable bonds is 0. The van der Waals surface area contributed by atoms with Gasteiger partial charge in [-0.25, -0.2) is 0 Å². The Balaban J connectivity index is 0.000000132. The number of hydrogen-bond donors (Lipinski definition) is 0. The third-order valence-corrected chi connectivity index (χ3v) is 2.68. The van der Waals surface area contributed by atoms with Crippen molar-refractivity contribution in [3.8, 4) is 0 Å². The van der Waals surface area contributed by atoms with Gasteiger partial charge in [-0.2, -0.15) is 0 Å². The van der Waals surface area contributed by atoms with Crippen LogP contribution in [0.3, 0.4) is 0 Å². The standard InChI is InChI=1S/C7H12.C6H10/c1-7-5-3-2-4-6-7;1-2-4-6-5-3-1/h5H,2-4,6H2,1H3;1-2H,3-6H2. The highest BCUT2D eigenvalue weighted by Gasteiger charge is 1.95. The van der Waals surface area contributed by atoms with E-state index in [2.05, 4.69) is 25.2 Å². The Labute approximate surface area is 82.7 Å². The minimum absolute atomic E-state index is 1.32. The van der Waals surface area contributed by atoms with Gasteiger partial charge in [-0.05, 0) is 58.3 Å². The monoisotopic (exact) mass is 178 g/mol. The minimum atomic E-state index is 1.32. The van der Waals surface area contributed by atoms with Crippen molar-refractivity contribution < 1.29 is 0 Å². The summed E-state index contributed by atoms with van der Waals surface area (Å²) in [5.74, 6) is 0. The first-order valence-corrected chi connectivity index (χ1v) is 5.70. The lowest BCUT2D eigenvalue weighted by Gasteiger charge is -2.05. The zero-order valence-electron chi connectivity index (χ0n) is 8.89. The van der Waals surface area contributed by atoms with Crippen LogP contribution in [0, 0.1) is 0 Å². The van der Waals surface area contributed by atoms with Gasteiger partial charge in [0.1, 0.15) is 0 Å². The summed E-state index contributed by atoms with van der Waals surface area (Å²) in [6.07, 6.45) is 17.9. The molecule has 0 heterocycles. The fraction of sp³-hybridized carbons (Fsp3) is 0.692. The molecule has 13 heavy (non-hydrogen) atoms. The highest BCUT2D eigenvalue weighted by molar-refractivity contribution is 5.00. The van der Waals surface area contributed by atoms with E-state index in [0.29, 0.717) is 0 Å². The molecule has 0 N–H and O–H groups in total. The highest BCUT2D eigenvalue weighted by atomic mass is 14.0. The van der Waals surface area contributed by atoms with Gasteiger partial charge < -0.3 is 0 Å². The Bertz CT molecular complexity index is 166. The average Bonchev–Trinajstić information content (AvgIpc) is 2.22. The highest BCUT2D eigenvalue weighted by Crippen LogP contribution is 2.15. The summed E-state index contributed by atoms with van der Waals surface area (Å²) in [5, 5.41) is 0. The Kier molecular flexibility index (Phi) is 5.64. The Morgan fingerprint density at radius 3 is 1.69 bits per heavy atom. The first-order chi connectivity index (χ1) is 6.39. The molecule has 74 valence electrons. The van der Waals surface area contributed by atoms with E-state index >= 15 is 0 Å². The lowest BCUT2D eigenvalue weighted by Crippen LogP contribution is -1.85. The summed E-state index contributed by atoms with van der Waals surface area (Å²) in [5.41, 5.74) is 1.59. The third-order valence-electron chi connectivity index (χ3n) is 2.68. The van der Waals surface area contributed by atoms with Gasteiger partial charge in [-0.15, -0.1) is 0 Å². The van der Waals surface area contributed by atoms with Crippen LogP contribution >= 0.6 is 0 Å². The molecule has 0 aliphatic heterocycles. The van der Waals surface area contributed by atoms with Crippen LogP contribution in [0.2, 0.25) is 0 Å². The molecule has 0 unspecified atom stereocenters. The van der Waals surface area contributed by atoms with Gasteiger partial charge in [-0.1, -0.05) is 23.8 Å². The summed E-state index contributed by atoms with van der Waals surface area (Å²) < 4.78 is 0. The first-order valence-electron chi connectivity index (χ1n) is 5.70. The van der Waals surface area contributed by atoms with Crippen molar-refractivity contribution in [2.45, 2.75) is 58.3 Å².